The zero-order chi connectivity index (χ0) is 9.30. The molecule has 1 aliphatic heterocycles. The molecule has 68 valence electrons. The van der Waals surface area contributed by atoms with Gasteiger partial charge >= 0.3 is 0 Å². The Morgan fingerprint density at radius 3 is 2.42 bits per heavy atom. The Morgan fingerprint density at radius 1 is 1.50 bits per heavy atom. The molecule has 3 nitrogen and oxygen atoms in total. The minimum absolute atomic E-state index is 0.00867. The average Bonchev–Trinajstić information content (AvgIpc) is 2.30. The molecule has 0 aromatic carbocycles. The van der Waals surface area contributed by atoms with Crippen LogP contribution >= 0.6 is 22.6 Å². The summed E-state index contributed by atoms with van der Waals surface area (Å²) in [5.41, 5.74) is 0. The van der Waals surface area contributed by atoms with Gasteiger partial charge in [-0.15, -0.1) is 0 Å². The number of nitrogens with zero attached hydrogens (tertiary/aromatic N) is 1. The molecule has 0 aliphatic carbocycles. The minimum Gasteiger partial charge on any atom is -0.332 e. The maximum atomic E-state index is 11.2. The van der Waals surface area contributed by atoms with Crippen LogP contribution in [0.1, 0.15) is 20.3 Å². The lowest BCUT2D eigenvalue weighted by Crippen LogP contribution is -2.39. The lowest BCUT2D eigenvalue weighted by molar-refractivity contribution is -0.133. The van der Waals surface area contributed by atoms with Crippen LogP contribution in [0.2, 0.25) is 0 Å². The van der Waals surface area contributed by atoms with Crippen molar-refractivity contribution in [1.29, 1.82) is 0 Å². The van der Waals surface area contributed by atoms with Crippen LogP contribution in [0.5, 0.6) is 0 Å². The summed E-state index contributed by atoms with van der Waals surface area (Å²) in [5, 5.41) is 0. The van der Waals surface area contributed by atoms with E-state index in [4.69, 9.17) is 0 Å². The van der Waals surface area contributed by atoms with E-state index in [2.05, 4.69) is 0 Å². The van der Waals surface area contributed by atoms with Crippen LogP contribution in [-0.2, 0) is 9.59 Å². The first-order valence-electron chi connectivity index (χ1n) is 4.00. The first-order chi connectivity index (χ1) is 5.54. The van der Waals surface area contributed by atoms with E-state index in [1.54, 1.807) is 27.5 Å². The topological polar surface area (TPSA) is 37.4 Å². The molecule has 0 unspecified atom stereocenters. The summed E-state index contributed by atoms with van der Waals surface area (Å²) in [6.45, 7) is 4.27. The second kappa shape index (κ2) is 3.72. The van der Waals surface area contributed by atoms with Crippen LogP contribution in [-0.4, -0.2) is 27.2 Å². The maximum Gasteiger partial charge on any atom is 0.220 e. The molecule has 0 N–H and O–H groups in total. The first-order valence-corrected chi connectivity index (χ1v) is 5.08. The van der Waals surface area contributed by atoms with Gasteiger partial charge in [-0.3, -0.25) is 9.59 Å². The van der Waals surface area contributed by atoms with Gasteiger partial charge in [0, 0.05) is 36.1 Å². The summed E-state index contributed by atoms with van der Waals surface area (Å²) >= 11 is 1.78. The lowest BCUT2D eigenvalue weighted by atomic mass is 10.0. The monoisotopic (exact) mass is 281 g/mol. The molecule has 1 aliphatic rings. The second-order valence-electron chi connectivity index (χ2n) is 3.23. The molecule has 1 saturated heterocycles. The van der Waals surface area contributed by atoms with E-state index >= 15 is 0 Å². The quantitative estimate of drug-likeness (QED) is 0.535. The van der Waals surface area contributed by atoms with Crippen molar-refractivity contribution in [3.63, 3.8) is 0 Å². The molecule has 2 atom stereocenters. The van der Waals surface area contributed by atoms with Gasteiger partial charge in [0.05, 0.1) is 0 Å². The van der Waals surface area contributed by atoms with Gasteiger partial charge in [0.1, 0.15) is 6.04 Å². The van der Waals surface area contributed by atoms with Gasteiger partial charge in [-0.05, 0) is 12.3 Å². The Bertz CT molecular complexity index is 217. The van der Waals surface area contributed by atoms with Gasteiger partial charge < -0.3 is 4.90 Å². The fraction of sp³-hybridized carbons (Fsp3) is 0.750. The van der Waals surface area contributed by atoms with E-state index in [0.29, 0.717) is 5.92 Å². The van der Waals surface area contributed by atoms with Gasteiger partial charge in [0.15, 0.2) is 0 Å². The predicted octanol–water partition coefficient (Wildman–Crippen LogP) is 1.20. The Morgan fingerprint density at radius 2 is 2.08 bits per heavy atom. The molecular formula is C8H12INO2. The number of rotatable bonds is 1. The highest BCUT2D eigenvalue weighted by molar-refractivity contribution is 14.1. The van der Waals surface area contributed by atoms with Crippen LogP contribution in [0.15, 0.2) is 0 Å². The van der Waals surface area contributed by atoms with Crippen LogP contribution in [0.3, 0.4) is 0 Å². The van der Waals surface area contributed by atoms with Gasteiger partial charge in [-0.25, -0.2) is 0 Å². The van der Waals surface area contributed by atoms with E-state index in [9.17, 15) is 9.59 Å². The van der Waals surface area contributed by atoms with Crippen LogP contribution in [0, 0.1) is 5.92 Å². The summed E-state index contributed by atoms with van der Waals surface area (Å²) < 4.78 is 0.0767. The van der Waals surface area contributed by atoms with Gasteiger partial charge in [0.25, 0.3) is 0 Å². The number of hydrogen-bond acceptors (Lipinski definition) is 2. The number of carbonyl (C=O) groups excluding carboxylic acids is 2. The van der Waals surface area contributed by atoms with Crippen molar-refractivity contribution in [2.45, 2.75) is 26.3 Å². The molecule has 1 heterocycles. The van der Waals surface area contributed by atoms with E-state index in [-0.39, 0.29) is 15.7 Å². The van der Waals surface area contributed by atoms with E-state index in [1.807, 2.05) is 6.92 Å². The van der Waals surface area contributed by atoms with Gasteiger partial charge in [-0.2, -0.15) is 0 Å². The molecule has 0 aromatic rings. The van der Waals surface area contributed by atoms with Crippen LogP contribution in [0.25, 0.3) is 0 Å². The zero-order valence-electron chi connectivity index (χ0n) is 7.21. The van der Waals surface area contributed by atoms with Crippen molar-refractivity contribution >= 4 is 32.3 Å². The van der Waals surface area contributed by atoms with E-state index in [1.165, 1.54) is 6.92 Å². The fourth-order valence-corrected chi connectivity index (χ4v) is 2.60. The molecule has 4 heteroatoms. The highest BCUT2D eigenvalue weighted by atomic mass is 127. The Balaban J connectivity index is 2.77. The second-order valence-corrected chi connectivity index (χ2v) is 4.29. The average molecular weight is 281 g/mol. The number of halogens is 1. The molecule has 1 amide bonds. The third-order valence-electron chi connectivity index (χ3n) is 2.34. The standard InChI is InChI=1S/C8H12INO2/c1-5-3-4-10(6(2)11)7(5)8(9)12/h5,7H,3-4H2,1-2H3/t5-,7+/m1/s1. The predicted molar refractivity (Wildman–Crippen MR) is 54.0 cm³/mol. The van der Waals surface area contributed by atoms with Crippen molar-refractivity contribution in [1.82, 2.24) is 4.90 Å². The van der Waals surface area contributed by atoms with E-state index in [0.717, 1.165) is 13.0 Å². The summed E-state index contributed by atoms with van der Waals surface area (Å²) in [6.07, 6.45) is 0.943. The van der Waals surface area contributed by atoms with Gasteiger partial charge in [-0.1, -0.05) is 6.92 Å². The summed E-state index contributed by atoms with van der Waals surface area (Å²) in [6, 6.07) is -0.178. The third-order valence-corrected chi connectivity index (χ3v) is 2.98. The molecule has 0 saturated carbocycles. The molecule has 1 rings (SSSR count). The largest absolute Gasteiger partial charge is 0.332 e. The van der Waals surface area contributed by atoms with Crippen molar-refractivity contribution in [3.05, 3.63) is 0 Å². The molecule has 0 bridgehead atoms. The molecule has 0 spiro atoms. The number of hydrogen-bond donors (Lipinski definition) is 0. The summed E-state index contributed by atoms with van der Waals surface area (Å²) in [7, 11) is 0. The van der Waals surface area contributed by atoms with Crippen molar-refractivity contribution in [3.8, 4) is 0 Å². The smallest absolute Gasteiger partial charge is 0.220 e. The normalized spacial score (nSPS) is 29.1. The summed E-state index contributed by atoms with van der Waals surface area (Å²) in [4.78, 5) is 23.9. The zero-order valence-corrected chi connectivity index (χ0v) is 9.37. The highest BCUT2D eigenvalue weighted by Gasteiger charge is 2.36. The maximum absolute atomic E-state index is 11.2. The van der Waals surface area contributed by atoms with Crippen LogP contribution in [0.4, 0.5) is 0 Å². The number of likely N-dealkylation sites (tertiary alicyclic amines) is 1. The molecule has 0 radical (unpaired) electrons. The number of carbonyl (C=O) groups is 2. The minimum atomic E-state index is -0.178. The lowest BCUT2D eigenvalue weighted by Gasteiger charge is -2.22. The molecule has 1 fully saturated rings. The van der Waals surface area contributed by atoms with Crippen LogP contribution < -0.4 is 0 Å². The molecular weight excluding hydrogens is 269 g/mol. The van der Waals surface area contributed by atoms with Crippen molar-refractivity contribution in [2.75, 3.05) is 6.54 Å². The molecule has 12 heavy (non-hydrogen) atoms. The third kappa shape index (κ3) is 1.78. The Kier molecular flexibility index (Phi) is 3.09. The fourth-order valence-electron chi connectivity index (χ4n) is 1.65. The SMILES string of the molecule is CC(=O)N1CC[C@@H](C)[C@H]1C(=O)I. The van der Waals surface area contributed by atoms with E-state index < -0.39 is 0 Å². The summed E-state index contributed by atoms with van der Waals surface area (Å²) in [5.74, 6) is 0.327. The first kappa shape index (κ1) is 9.95. The Labute approximate surface area is 85.6 Å². The van der Waals surface area contributed by atoms with Crippen molar-refractivity contribution in [2.24, 2.45) is 5.92 Å². The Hall–Kier alpha value is -0.130. The number of amides is 1. The molecule has 0 aromatic heterocycles. The van der Waals surface area contributed by atoms with Crippen molar-refractivity contribution < 1.29 is 9.59 Å². The highest BCUT2D eigenvalue weighted by Crippen LogP contribution is 2.26. The van der Waals surface area contributed by atoms with Gasteiger partial charge in [0.2, 0.25) is 9.70 Å².